The molecule has 0 fully saturated rings. The lowest BCUT2D eigenvalue weighted by Gasteiger charge is -2.31. The van der Waals surface area contributed by atoms with Crippen LogP contribution in [0.5, 0.6) is 0 Å². The monoisotopic (exact) mass is 208 g/mol. The third-order valence-corrected chi connectivity index (χ3v) is 2.67. The van der Waals surface area contributed by atoms with Crippen LogP contribution >= 0.6 is 0 Å². The number of aromatic nitrogens is 3. The van der Waals surface area contributed by atoms with Gasteiger partial charge >= 0.3 is 0 Å². The lowest BCUT2D eigenvalue weighted by Crippen LogP contribution is -2.40. The van der Waals surface area contributed by atoms with Gasteiger partial charge in [0.05, 0.1) is 6.54 Å². The summed E-state index contributed by atoms with van der Waals surface area (Å²) < 4.78 is 2.06. The highest BCUT2D eigenvalue weighted by atomic mass is 16.1. The number of carbonyl (C=O) groups excluding carboxylic acids is 1. The van der Waals surface area contributed by atoms with Crippen LogP contribution in [0.25, 0.3) is 0 Å². The van der Waals surface area contributed by atoms with Crippen molar-refractivity contribution in [3.63, 3.8) is 0 Å². The van der Waals surface area contributed by atoms with Gasteiger partial charge in [-0.1, -0.05) is 13.8 Å². The SMILES string of the molecule is CC(C)(C=O)CN1CCn2cnnc2C1. The maximum Gasteiger partial charge on any atom is 0.147 e. The molecule has 0 aliphatic carbocycles. The molecule has 1 aliphatic rings. The molecule has 0 radical (unpaired) electrons. The number of rotatable bonds is 3. The molecule has 5 nitrogen and oxygen atoms in total. The van der Waals surface area contributed by atoms with Crippen LogP contribution in [0.2, 0.25) is 0 Å². The molecule has 0 spiro atoms. The van der Waals surface area contributed by atoms with E-state index in [4.69, 9.17) is 0 Å². The summed E-state index contributed by atoms with van der Waals surface area (Å²) in [7, 11) is 0. The van der Waals surface area contributed by atoms with Gasteiger partial charge < -0.3 is 9.36 Å². The summed E-state index contributed by atoms with van der Waals surface area (Å²) in [6.45, 7) is 7.36. The predicted octanol–water partition coefficient (Wildman–Crippen LogP) is 0.319. The fourth-order valence-electron chi connectivity index (χ4n) is 1.86. The van der Waals surface area contributed by atoms with E-state index in [-0.39, 0.29) is 5.41 Å². The van der Waals surface area contributed by atoms with Gasteiger partial charge in [0.2, 0.25) is 0 Å². The third kappa shape index (κ3) is 2.23. The van der Waals surface area contributed by atoms with Gasteiger partial charge in [0.1, 0.15) is 18.4 Å². The Kier molecular flexibility index (Phi) is 2.56. The number of aldehydes is 1. The molecule has 82 valence electrons. The Labute approximate surface area is 89.1 Å². The van der Waals surface area contributed by atoms with Crippen molar-refractivity contribution in [2.45, 2.75) is 26.9 Å². The zero-order valence-corrected chi connectivity index (χ0v) is 9.18. The summed E-state index contributed by atoms with van der Waals surface area (Å²) in [4.78, 5) is 13.1. The molecule has 15 heavy (non-hydrogen) atoms. The lowest BCUT2D eigenvalue weighted by molar-refractivity contribution is -0.115. The van der Waals surface area contributed by atoms with Gasteiger partial charge in [-0.05, 0) is 0 Å². The molecule has 1 aromatic heterocycles. The zero-order valence-electron chi connectivity index (χ0n) is 9.18. The molecule has 5 heteroatoms. The van der Waals surface area contributed by atoms with Crippen LogP contribution in [-0.4, -0.2) is 39.0 Å². The summed E-state index contributed by atoms with van der Waals surface area (Å²) >= 11 is 0. The first-order valence-corrected chi connectivity index (χ1v) is 5.16. The van der Waals surface area contributed by atoms with Crippen LogP contribution in [0.15, 0.2) is 6.33 Å². The summed E-state index contributed by atoms with van der Waals surface area (Å²) in [6, 6.07) is 0. The second kappa shape index (κ2) is 3.73. The minimum Gasteiger partial charge on any atom is -0.315 e. The molecule has 2 heterocycles. The van der Waals surface area contributed by atoms with Crippen LogP contribution in [-0.2, 0) is 17.9 Å². The van der Waals surface area contributed by atoms with Gasteiger partial charge in [-0.15, -0.1) is 10.2 Å². The van der Waals surface area contributed by atoms with Crippen LogP contribution in [0.4, 0.5) is 0 Å². The quantitative estimate of drug-likeness (QED) is 0.671. The van der Waals surface area contributed by atoms with Crippen molar-refractivity contribution < 1.29 is 4.79 Å². The predicted molar refractivity (Wildman–Crippen MR) is 55.1 cm³/mol. The largest absolute Gasteiger partial charge is 0.315 e. The van der Waals surface area contributed by atoms with Crippen molar-refractivity contribution in [2.75, 3.05) is 13.1 Å². The molecule has 2 rings (SSSR count). The maximum absolute atomic E-state index is 10.8. The number of nitrogens with zero attached hydrogens (tertiary/aromatic N) is 4. The number of hydrogen-bond donors (Lipinski definition) is 0. The van der Waals surface area contributed by atoms with E-state index in [0.717, 1.165) is 38.3 Å². The van der Waals surface area contributed by atoms with Crippen LogP contribution in [0.1, 0.15) is 19.7 Å². The first-order chi connectivity index (χ1) is 7.11. The Morgan fingerprint density at radius 1 is 1.53 bits per heavy atom. The van der Waals surface area contributed by atoms with E-state index < -0.39 is 0 Å². The summed E-state index contributed by atoms with van der Waals surface area (Å²) in [5.41, 5.74) is -0.276. The molecule has 0 N–H and O–H groups in total. The van der Waals surface area contributed by atoms with E-state index in [2.05, 4.69) is 19.7 Å². The van der Waals surface area contributed by atoms with Crippen molar-refractivity contribution in [1.29, 1.82) is 0 Å². The molecule has 0 amide bonds. The van der Waals surface area contributed by atoms with Crippen molar-refractivity contribution >= 4 is 6.29 Å². The van der Waals surface area contributed by atoms with Gasteiger partial charge in [0.25, 0.3) is 0 Å². The molecule has 0 unspecified atom stereocenters. The minimum atomic E-state index is -0.276. The Bertz CT molecular complexity index is 358. The molecule has 0 saturated heterocycles. The van der Waals surface area contributed by atoms with Crippen LogP contribution < -0.4 is 0 Å². The van der Waals surface area contributed by atoms with E-state index in [0.29, 0.717) is 0 Å². The highest BCUT2D eigenvalue weighted by molar-refractivity contribution is 5.58. The van der Waals surface area contributed by atoms with Gasteiger partial charge in [0.15, 0.2) is 0 Å². The number of carbonyl (C=O) groups is 1. The molecule has 0 aromatic carbocycles. The zero-order chi connectivity index (χ0) is 10.9. The molecular formula is C10H16N4O. The topological polar surface area (TPSA) is 51.0 Å². The van der Waals surface area contributed by atoms with Crippen molar-refractivity contribution in [1.82, 2.24) is 19.7 Å². The third-order valence-electron chi connectivity index (χ3n) is 2.67. The molecule has 0 atom stereocenters. The first-order valence-electron chi connectivity index (χ1n) is 5.16. The first kappa shape index (κ1) is 10.3. The maximum atomic E-state index is 10.8. The average molecular weight is 208 g/mol. The average Bonchev–Trinajstić information content (AvgIpc) is 2.64. The van der Waals surface area contributed by atoms with E-state index in [9.17, 15) is 4.79 Å². The Balaban J connectivity index is 2.01. The smallest absolute Gasteiger partial charge is 0.147 e. The fraction of sp³-hybridized carbons (Fsp3) is 0.700. The van der Waals surface area contributed by atoms with Crippen molar-refractivity contribution in [3.8, 4) is 0 Å². The summed E-state index contributed by atoms with van der Waals surface area (Å²) in [5.74, 6) is 0.989. The van der Waals surface area contributed by atoms with Gasteiger partial charge in [-0.2, -0.15) is 0 Å². The van der Waals surface area contributed by atoms with Gasteiger partial charge in [-0.3, -0.25) is 4.90 Å². The Morgan fingerprint density at radius 2 is 2.33 bits per heavy atom. The minimum absolute atomic E-state index is 0.276. The molecular weight excluding hydrogens is 192 g/mol. The van der Waals surface area contributed by atoms with E-state index in [1.807, 2.05) is 13.8 Å². The highest BCUT2D eigenvalue weighted by Crippen LogP contribution is 2.17. The lowest BCUT2D eigenvalue weighted by atomic mass is 9.95. The Hall–Kier alpha value is -1.23. The van der Waals surface area contributed by atoms with E-state index in [1.54, 1.807) is 6.33 Å². The second-order valence-electron chi connectivity index (χ2n) is 4.76. The number of fused-ring (bicyclic) bond motifs is 1. The second-order valence-corrected chi connectivity index (χ2v) is 4.76. The molecule has 1 aliphatic heterocycles. The highest BCUT2D eigenvalue weighted by Gasteiger charge is 2.24. The molecule has 1 aromatic rings. The van der Waals surface area contributed by atoms with Gasteiger partial charge in [-0.25, -0.2) is 0 Å². The fourth-order valence-corrected chi connectivity index (χ4v) is 1.86. The standard InChI is InChI=1S/C10H16N4O/c1-10(2,7-15)6-13-3-4-14-8-11-12-9(14)5-13/h7-8H,3-6H2,1-2H3. The van der Waals surface area contributed by atoms with Crippen LogP contribution in [0, 0.1) is 5.41 Å². The summed E-state index contributed by atoms with van der Waals surface area (Å²) in [5, 5.41) is 7.92. The normalized spacial score (nSPS) is 17.5. The molecule has 0 bridgehead atoms. The van der Waals surface area contributed by atoms with Gasteiger partial charge in [0, 0.05) is 25.0 Å². The van der Waals surface area contributed by atoms with Crippen molar-refractivity contribution in [2.24, 2.45) is 5.41 Å². The van der Waals surface area contributed by atoms with Crippen LogP contribution in [0.3, 0.4) is 0 Å². The van der Waals surface area contributed by atoms with E-state index in [1.165, 1.54) is 0 Å². The summed E-state index contributed by atoms with van der Waals surface area (Å²) in [6.07, 6.45) is 2.78. The van der Waals surface area contributed by atoms with Crippen molar-refractivity contribution in [3.05, 3.63) is 12.2 Å². The van der Waals surface area contributed by atoms with E-state index >= 15 is 0 Å². The number of hydrogen-bond acceptors (Lipinski definition) is 4. The Morgan fingerprint density at radius 3 is 3.07 bits per heavy atom. The molecule has 0 saturated carbocycles.